The highest BCUT2D eigenvalue weighted by Gasteiger charge is 2.35. The minimum Gasteiger partial charge on any atom is -0.325 e. The Morgan fingerprint density at radius 3 is 2.33 bits per heavy atom. The molecule has 0 fully saturated rings. The number of rotatable bonds is 6. The summed E-state index contributed by atoms with van der Waals surface area (Å²) >= 11 is 0. The molecule has 2 aromatic carbocycles. The molecule has 1 heterocycles. The van der Waals surface area contributed by atoms with Crippen LogP contribution in [0.4, 0.5) is 5.69 Å². The number of nitrogens with zero attached hydrogens (tertiary/aromatic N) is 2. The maximum atomic E-state index is 13.4. The summed E-state index contributed by atoms with van der Waals surface area (Å²) in [6.45, 7) is 7.97. The molecule has 0 saturated carbocycles. The van der Waals surface area contributed by atoms with Crippen molar-refractivity contribution >= 4 is 23.2 Å². The van der Waals surface area contributed by atoms with Crippen LogP contribution in [-0.4, -0.2) is 35.8 Å². The molecule has 2 aromatic rings. The van der Waals surface area contributed by atoms with E-state index in [0.29, 0.717) is 6.42 Å². The van der Waals surface area contributed by atoms with Gasteiger partial charge >= 0.3 is 0 Å². The van der Waals surface area contributed by atoms with Gasteiger partial charge in [0.2, 0.25) is 12.1 Å². The number of carbonyl (C=O) groups excluding carboxylic acids is 2. The van der Waals surface area contributed by atoms with Gasteiger partial charge in [-0.3, -0.25) is 14.6 Å². The van der Waals surface area contributed by atoms with Crippen molar-refractivity contribution in [3.05, 3.63) is 65.7 Å². The van der Waals surface area contributed by atoms with Gasteiger partial charge in [-0.1, -0.05) is 62.4 Å². The molecule has 1 aliphatic rings. The lowest BCUT2D eigenvalue weighted by atomic mass is 9.98. The largest absolute Gasteiger partial charge is 0.325 e. The number of aliphatic imine (C=N–C) groups is 1. The van der Waals surface area contributed by atoms with Gasteiger partial charge in [0, 0.05) is 17.3 Å². The van der Waals surface area contributed by atoms with Crippen molar-refractivity contribution in [3.8, 4) is 0 Å². The lowest BCUT2D eigenvalue weighted by Crippen LogP contribution is -2.53. The van der Waals surface area contributed by atoms with E-state index in [2.05, 4.69) is 5.32 Å². The van der Waals surface area contributed by atoms with Gasteiger partial charge in [-0.05, 0) is 37.8 Å². The van der Waals surface area contributed by atoms with E-state index in [1.165, 1.54) is 0 Å². The molecular formula is C24H30N4O2. The summed E-state index contributed by atoms with van der Waals surface area (Å²) < 4.78 is 0. The lowest BCUT2D eigenvalue weighted by molar-refractivity contribution is -0.128. The van der Waals surface area contributed by atoms with Crippen LogP contribution in [-0.2, 0) is 16.0 Å². The van der Waals surface area contributed by atoms with Crippen LogP contribution in [0.3, 0.4) is 0 Å². The summed E-state index contributed by atoms with van der Waals surface area (Å²) in [6, 6.07) is 16.5. The van der Waals surface area contributed by atoms with Crippen LogP contribution >= 0.6 is 0 Å². The average Bonchev–Trinajstić information content (AvgIpc) is 2.83. The van der Waals surface area contributed by atoms with Crippen molar-refractivity contribution in [1.82, 2.24) is 5.32 Å². The highest BCUT2D eigenvalue weighted by Crippen LogP contribution is 2.29. The number of hydrogen-bond acceptors (Lipinski definition) is 4. The average molecular weight is 407 g/mol. The fourth-order valence-electron chi connectivity index (χ4n) is 3.70. The number of carbonyl (C=O) groups is 2. The second-order valence-corrected chi connectivity index (χ2v) is 8.20. The van der Waals surface area contributed by atoms with Gasteiger partial charge < -0.3 is 16.0 Å². The second-order valence-electron chi connectivity index (χ2n) is 8.20. The zero-order valence-electron chi connectivity index (χ0n) is 18.0. The highest BCUT2D eigenvalue weighted by molar-refractivity contribution is 6.14. The topological polar surface area (TPSA) is 87.8 Å². The Morgan fingerprint density at radius 2 is 1.70 bits per heavy atom. The number of anilines is 1. The number of benzodiazepines with no additional fused rings is 1. The fourth-order valence-corrected chi connectivity index (χ4v) is 3.70. The van der Waals surface area contributed by atoms with E-state index in [1.54, 1.807) is 4.90 Å². The molecule has 158 valence electrons. The first kappa shape index (κ1) is 21.7. The summed E-state index contributed by atoms with van der Waals surface area (Å²) in [6.07, 6.45) is -0.617. The van der Waals surface area contributed by atoms with Gasteiger partial charge in [0.05, 0.1) is 11.7 Å². The summed E-state index contributed by atoms with van der Waals surface area (Å²) in [7, 11) is 0. The minimum atomic E-state index is -1.01. The van der Waals surface area contributed by atoms with Gasteiger partial charge in [0.15, 0.2) is 0 Å². The quantitative estimate of drug-likeness (QED) is 0.773. The standard InChI is InChI=1S/C24H30N4O2/c1-15(2)21-18-12-8-9-13-20(18)28(16(3)4)24(30)22(26-21)27-23(29)19(25)14-17-10-6-5-7-11-17/h5-13,15-16,19,22H,14,25H2,1-4H3,(H,27,29)/t19-,22?/m1/s1. The number of hydrogen-bond donors (Lipinski definition) is 2. The summed E-state index contributed by atoms with van der Waals surface area (Å²) in [5.74, 6) is -0.560. The Bertz CT molecular complexity index is 937. The minimum absolute atomic E-state index is 0.0854. The molecule has 1 aliphatic heterocycles. The number of fused-ring (bicyclic) bond motifs is 1. The van der Waals surface area contributed by atoms with Gasteiger partial charge in [-0.2, -0.15) is 0 Å². The molecule has 2 atom stereocenters. The molecule has 3 N–H and O–H groups in total. The zero-order valence-corrected chi connectivity index (χ0v) is 18.0. The van der Waals surface area contributed by atoms with Crippen molar-refractivity contribution in [2.75, 3.05) is 4.90 Å². The van der Waals surface area contributed by atoms with E-state index >= 15 is 0 Å². The highest BCUT2D eigenvalue weighted by atomic mass is 16.2. The Hall–Kier alpha value is -2.99. The van der Waals surface area contributed by atoms with Crippen LogP contribution in [0.5, 0.6) is 0 Å². The number of nitrogens with one attached hydrogen (secondary N) is 1. The molecule has 6 nitrogen and oxygen atoms in total. The molecule has 1 unspecified atom stereocenters. The van der Waals surface area contributed by atoms with E-state index in [-0.39, 0.29) is 17.9 Å². The third kappa shape index (κ3) is 4.60. The van der Waals surface area contributed by atoms with E-state index in [4.69, 9.17) is 10.7 Å². The van der Waals surface area contributed by atoms with Crippen molar-refractivity contribution in [3.63, 3.8) is 0 Å². The molecule has 2 amide bonds. The molecule has 3 rings (SSSR count). The van der Waals surface area contributed by atoms with E-state index in [0.717, 1.165) is 22.5 Å². The summed E-state index contributed by atoms with van der Waals surface area (Å²) in [5.41, 5.74) is 9.63. The molecule has 0 saturated heterocycles. The van der Waals surface area contributed by atoms with Crippen LogP contribution < -0.4 is 16.0 Å². The monoisotopic (exact) mass is 406 g/mol. The van der Waals surface area contributed by atoms with E-state index < -0.39 is 18.1 Å². The predicted octanol–water partition coefficient (Wildman–Crippen LogP) is 2.90. The fraction of sp³-hybridized carbons (Fsp3) is 0.375. The van der Waals surface area contributed by atoms with Crippen LogP contribution in [0, 0.1) is 5.92 Å². The van der Waals surface area contributed by atoms with Crippen molar-refractivity contribution in [2.24, 2.45) is 16.6 Å². The van der Waals surface area contributed by atoms with Crippen LogP contribution in [0.1, 0.15) is 38.8 Å². The Labute approximate surface area is 178 Å². The second kappa shape index (κ2) is 9.22. The SMILES string of the molecule is CC(C)C1=NC(NC(=O)[C@H](N)Cc2ccccc2)C(=O)N(C(C)C)c2ccccc21. The van der Waals surface area contributed by atoms with Gasteiger partial charge in [-0.15, -0.1) is 0 Å². The number of benzene rings is 2. The molecule has 0 aromatic heterocycles. The van der Waals surface area contributed by atoms with Crippen LogP contribution in [0.25, 0.3) is 0 Å². The Kier molecular flexibility index (Phi) is 6.67. The molecule has 6 heteroatoms. The molecule has 0 aliphatic carbocycles. The van der Waals surface area contributed by atoms with Crippen molar-refractivity contribution in [1.29, 1.82) is 0 Å². The van der Waals surface area contributed by atoms with Crippen LogP contribution in [0.15, 0.2) is 59.6 Å². The third-order valence-corrected chi connectivity index (χ3v) is 5.16. The first-order valence-corrected chi connectivity index (χ1v) is 10.4. The number of para-hydroxylation sites is 1. The van der Waals surface area contributed by atoms with Gasteiger partial charge in [0.25, 0.3) is 5.91 Å². The first-order valence-electron chi connectivity index (χ1n) is 10.4. The first-order chi connectivity index (χ1) is 14.3. The molecular weight excluding hydrogens is 376 g/mol. The van der Waals surface area contributed by atoms with Crippen molar-refractivity contribution in [2.45, 2.75) is 52.4 Å². The molecule has 0 bridgehead atoms. The smallest absolute Gasteiger partial charge is 0.272 e. The van der Waals surface area contributed by atoms with E-state index in [9.17, 15) is 9.59 Å². The Balaban J connectivity index is 1.91. The Morgan fingerprint density at radius 1 is 1.07 bits per heavy atom. The lowest BCUT2D eigenvalue weighted by Gasteiger charge is -2.29. The number of amides is 2. The number of nitrogens with two attached hydrogens (primary N) is 1. The summed E-state index contributed by atoms with van der Waals surface area (Å²) in [5, 5.41) is 2.79. The molecule has 0 spiro atoms. The van der Waals surface area contributed by atoms with Gasteiger partial charge in [0.1, 0.15) is 0 Å². The predicted molar refractivity (Wildman–Crippen MR) is 120 cm³/mol. The van der Waals surface area contributed by atoms with Gasteiger partial charge in [-0.25, -0.2) is 0 Å². The molecule has 0 radical (unpaired) electrons. The van der Waals surface area contributed by atoms with Crippen molar-refractivity contribution < 1.29 is 9.59 Å². The normalized spacial score (nSPS) is 17.4. The summed E-state index contributed by atoms with van der Waals surface area (Å²) in [4.78, 5) is 32.6. The zero-order chi connectivity index (χ0) is 21.8. The van der Waals surface area contributed by atoms with Crippen LogP contribution in [0.2, 0.25) is 0 Å². The maximum absolute atomic E-state index is 13.4. The molecule has 30 heavy (non-hydrogen) atoms. The third-order valence-electron chi connectivity index (χ3n) is 5.16. The van der Waals surface area contributed by atoms with E-state index in [1.807, 2.05) is 82.3 Å². The maximum Gasteiger partial charge on any atom is 0.272 e.